The van der Waals surface area contributed by atoms with E-state index in [1.165, 1.54) is 12.8 Å². The molecule has 2 heterocycles. The van der Waals surface area contributed by atoms with Gasteiger partial charge in [-0.2, -0.15) is 0 Å². The molecule has 1 atom stereocenters. The first-order valence-corrected chi connectivity index (χ1v) is 10.6. The highest BCUT2D eigenvalue weighted by atomic mass is 16.2. The average Bonchev–Trinajstić information content (AvgIpc) is 3.48. The van der Waals surface area contributed by atoms with Crippen molar-refractivity contribution in [1.29, 1.82) is 0 Å². The molecular weight excluding hydrogens is 352 g/mol. The van der Waals surface area contributed by atoms with Crippen LogP contribution in [0.25, 0.3) is 0 Å². The first-order chi connectivity index (χ1) is 13.5. The van der Waals surface area contributed by atoms with Gasteiger partial charge in [-0.1, -0.05) is 6.07 Å². The number of carbonyl (C=O) groups is 2. The van der Waals surface area contributed by atoms with Crippen LogP contribution < -0.4 is 4.90 Å². The van der Waals surface area contributed by atoms with Crippen molar-refractivity contribution in [3.8, 4) is 0 Å². The fourth-order valence-corrected chi connectivity index (χ4v) is 4.41. The van der Waals surface area contributed by atoms with Gasteiger partial charge in [-0.3, -0.25) is 14.5 Å². The van der Waals surface area contributed by atoms with E-state index in [2.05, 4.69) is 9.80 Å². The predicted molar refractivity (Wildman–Crippen MR) is 111 cm³/mol. The molecule has 1 aromatic carbocycles. The molecule has 152 valence electrons. The van der Waals surface area contributed by atoms with Crippen LogP contribution in [-0.4, -0.2) is 85.9 Å². The second-order valence-electron chi connectivity index (χ2n) is 8.66. The second-order valence-corrected chi connectivity index (χ2v) is 8.66. The number of hydrogen-bond donors (Lipinski definition) is 0. The third kappa shape index (κ3) is 4.17. The van der Waals surface area contributed by atoms with E-state index in [-0.39, 0.29) is 11.9 Å². The molecule has 0 radical (unpaired) electrons. The minimum Gasteiger partial charge on any atom is -0.378 e. The molecule has 1 unspecified atom stereocenters. The number of rotatable bonds is 5. The summed E-state index contributed by atoms with van der Waals surface area (Å²) in [5.74, 6) is 1.15. The number of benzene rings is 1. The quantitative estimate of drug-likeness (QED) is 0.778. The zero-order valence-electron chi connectivity index (χ0n) is 17.1. The topological polar surface area (TPSA) is 47.1 Å². The minimum absolute atomic E-state index is 0.0193. The minimum atomic E-state index is 0.0193. The number of hydrogen-bond acceptors (Lipinski definition) is 4. The summed E-state index contributed by atoms with van der Waals surface area (Å²) in [7, 11) is 3.97. The van der Waals surface area contributed by atoms with Crippen molar-refractivity contribution >= 4 is 17.5 Å². The zero-order valence-corrected chi connectivity index (χ0v) is 17.1. The fourth-order valence-electron chi connectivity index (χ4n) is 4.41. The maximum Gasteiger partial charge on any atom is 0.253 e. The first-order valence-electron chi connectivity index (χ1n) is 10.6. The molecule has 6 nitrogen and oxygen atoms in total. The number of likely N-dealkylation sites (tertiary alicyclic amines) is 1. The summed E-state index contributed by atoms with van der Waals surface area (Å²) < 4.78 is 0. The molecule has 0 N–H and O–H groups in total. The number of amides is 2. The van der Waals surface area contributed by atoms with Gasteiger partial charge in [0.05, 0.1) is 6.04 Å². The van der Waals surface area contributed by atoms with E-state index in [1.807, 2.05) is 48.2 Å². The summed E-state index contributed by atoms with van der Waals surface area (Å²) in [6.45, 7) is 4.99. The van der Waals surface area contributed by atoms with Crippen LogP contribution >= 0.6 is 0 Å². The second kappa shape index (κ2) is 8.11. The van der Waals surface area contributed by atoms with Crippen molar-refractivity contribution in [2.24, 2.45) is 5.92 Å². The molecule has 2 amide bonds. The molecule has 28 heavy (non-hydrogen) atoms. The van der Waals surface area contributed by atoms with Gasteiger partial charge in [-0.05, 0) is 49.8 Å². The Kier molecular flexibility index (Phi) is 5.58. The van der Waals surface area contributed by atoms with Gasteiger partial charge in [0.2, 0.25) is 5.91 Å². The van der Waals surface area contributed by atoms with E-state index in [1.54, 1.807) is 0 Å². The largest absolute Gasteiger partial charge is 0.378 e. The van der Waals surface area contributed by atoms with Gasteiger partial charge in [0, 0.05) is 64.6 Å². The van der Waals surface area contributed by atoms with Gasteiger partial charge >= 0.3 is 0 Å². The number of nitrogens with zero attached hydrogens (tertiary/aromatic N) is 4. The number of carbonyl (C=O) groups excluding carboxylic acids is 2. The van der Waals surface area contributed by atoms with Crippen LogP contribution in [0.1, 0.15) is 36.0 Å². The maximum absolute atomic E-state index is 13.0. The van der Waals surface area contributed by atoms with Gasteiger partial charge in [0.15, 0.2) is 0 Å². The summed E-state index contributed by atoms with van der Waals surface area (Å²) in [6, 6.07) is 7.83. The van der Waals surface area contributed by atoms with Crippen LogP contribution in [-0.2, 0) is 4.79 Å². The van der Waals surface area contributed by atoms with Gasteiger partial charge in [0.25, 0.3) is 5.91 Å². The van der Waals surface area contributed by atoms with Gasteiger partial charge in [-0.15, -0.1) is 0 Å². The third-order valence-corrected chi connectivity index (χ3v) is 6.31. The molecule has 0 aromatic heterocycles. The van der Waals surface area contributed by atoms with Crippen LogP contribution in [0, 0.1) is 5.92 Å². The Hall–Kier alpha value is -2.08. The van der Waals surface area contributed by atoms with E-state index >= 15 is 0 Å². The molecule has 1 aromatic rings. The molecule has 1 saturated carbocycles. The standard InChI is InChI=1S/C22H32N4O2/c1-23(2)19-6-3-5-18(15-19)21(27)25-11-4-10-24(13-14-25)20-9-12-26(22(20)28)16-17-7-8-17/h3,5-6,15,17,20H,4,7-14,16H2,1-2H3. The molecule has 4 rings (SSSR count). The fraction of sp³-hybridized carbons (Fsp3) is 0.636. The monoisotopic (exact) mass is 384 g/mol. The Bertz CT molecular complexity index is 731. The van der Waals surface area contributed by atoms with E-state index in [0.717, 1.165) is 62.7 Å². The molecular formula is C22H32N4O2. The zero-order chi connectivity index (χ0) is 19.7. The van der Waals surface area contributed by atoms with Crippen LogP contribution in [0.3, 0.4) is 0 Å². The van der Waals surface area contributed by atoms with Gasteiger partial charge < -0.3 is 14.7 Å². The van der Waals surface area contributed by atoms with Crippen molar-refractivity contribution in [3.05, 3.63) is 29.8 Å². The van der Waals surface area contributed by atoms with Crippen molar-refractivity contribution in [1.82, 2.24) is 14.7 Å². The van der Waals surface area contributed by atoms with Crippen LogP contribution in [0.2, 0.25) is 0 Å². The van der Waals surface area contributed by atoms with Gasteiger partial charge in [0.1, 0.15) is 0 Å². The molecule has 6 heteroatoms. The van der Waals surface area contributed by atoms with Crippen molar-refractivity contribution in [2.45, 2.75) is 31.7 Å². The Labute approximate surface area is 168 Å². The highest BCUT2D eigenvalue weighted by molar-refractivity contribution is 5.95. The van der Waals surface area contributed by atoms with Crippen LogP contribution in [0.4, 0.5) is 5.69 Å². The third-order valence-electron chi connectivity index (χ3n) is 6.31. The summed E-state index contributed by atoms with van der Waals surface area (Å²) in [5.41, 5.74) is 1.78. The highest BCUT2D eigenvalue weighted by Gasteiger charge is 2.38. The summed E-state index contributed by atoms with van der Waals surface area (Å²) in [4.78, 5) is 34.2. The lowest BCUT2D eigenvalue weighted by molar-refractivity contribution is -0.132. The number of anilines is 1. The summed E-state index contributed by atoms with van der Waals surface area (Å²) in [6.07, 6.45) is 4.42. The molecule has 3 aliphatic rings. The van der Waals surface area contributed by atoms with Crippen molar-refractivity contribution < 1.29 is 9.59 Å². The SMILES string of the molecule is CN(C)c1cccc(C(=O)N2CCCN(C3CCN(CC4CC4)C3=O)CC2)c1. The Balaban J connectivity index is 1.36. The van der Waals surface area contributed by atoms with E-state index < -0.39 is 0 Å². The smallest absolute Gasteiger partial charge is 0.253 e. The predicted octanol–water partition coefficient (Wildman–Crippen LogP) is 1.91. The Morgan fingerprint density at radius 3 is 2.64 bits per heavy atom. The van der Waals surface area contributed by atoms with Crippen molar-refractivity contribution in [3.63, 3.8) is 0 Å². The van der Waals surface area contributed by atoms with E-state index in [0.29, 0.717) is 12.5 Å². The molecule has 1 aliphatic carbocycles. The lowest BCUT2D eigenvalue weighted by Gasteiger charge is -2.27. The Morgan fingerprint density at radius 2 is 1.89 bits per heavy atom. The average molecular weight is 385 g/mol. The lowest BCUT2D eigenvalue weighted by Crippen LogP contribution is -2.44. The molecule has 2 aliphatic heterocycles. The van der Waals surface area contributed by atoms with Crippen molar-refractivity contribution in [2.75, 3.05) is 58.3 Å². The first kappa shape index (κ1) is 19.2. The van der Waals surface area contributed by atoms with Crippen LogP contribution in [0.15, 0.2) is 24.3 Å². The molecule has 2 saturated heterocycles. The summed E-state index contributed by atoms with van der Waals surface area (Å²) >= 11 is 0. The van der Waals surface area contributed by atoms with E-state index in [9.17, 15) is 9.59 Å². The highest BCUT2D eigenvalue weighted by Crippen LogP contribution is 2.31. The molecule has 0 spiro atoms. The molecule has 0 bridgehead atoms. The summed E-state index contributed by atoms with van der Waals surface area (Å²) in [5, 5.41) is 0. The van der Waals surface area contributed by atoms with Crippen LogP contribution in [0.5, 0.6) is 0 Å². The lowest BCUT2D eigenvalue weighted by atomic mass is 10.1. The molecule has 3 fully saturated rings. The normalized spacial score (nSPS) is 23.8. The van der Waals surface area contributed by atoms with E-state index in [4.69, 9.17) is 0 Å². The maximum atomic E-state index is 13.0. The Morgan fingerprint density at radius 1 is 1.07 bits per heavy atom. The van der Waals surface area contributed by atoms with Gasteiger partial charge in [-0.25, -0.2) is 0 Å².